The van der Waals surface area contributed by atoms with Crippen molar-refractivity contribution in [1.82, 2.24) is 4.98 Å². The van der Waals surface area contributed by atoms with E-state index in [-0.39, 0.29) is 16.4 Å². The van der Waals surface area contributed by atoms with E-state index in [2.05, 4.69) is 4.98 Å². The van der Waals surface area contributed by atoms with E-state index in [9.17, 15) is 21.6 Å². The number of methoxy groups -OCH3 is 1. The topological polar surface area (TPSA) is 68.7 Å². The first-order valence-electron chi connectivity index (χ1n) is 9.58. The molecule has 11 heteroatoms. The highest BCUT2D eigenvalue weighted by molar-refractivity contribution is 7.92. The van der Waals surface area contributed by atoms with Crippen LogP contribution in [0.25, 0.3) is 0 Å². The lowest BCUT2D eigenvalue weighted by Crippen LogP contribution is -2.37. The monoisotopic (exact) mass is 500 g/mol. The molecule has 0 aliphatic carbocycles. The minimum absolute atomic E-state index is 0.0123. The number of pyridine rings is 1. The lowest BCUT2D eigenvalue weighted by atomic mass is 10.2. The summed E-state index contributed by atoms with van der Waals surface area (Å²) in [4.78, 5) is 4.04. The molecule has 0 aliphatic heterocycles. The summed E-state index contributed by atoms with van der Waals surface area (Å²) in [6.45, 7) is 1.27. The fourth-order valence-electron chi connectivity index (χ4n) is 2.97. The molecule has 0 fully saturated rings. The number of hydrogen-bond donors (Lipinski definition) is 0. The molecule has 0 spiro atoms. The molecular formula is C22H20ClF3N2O4S. The van der Waals surface area contributed by atoms with Crippen LogP contribution in [0.2, 0.25) is 5.15 Å². The number of aromatic nitrogens is 1. The summed E-state index contributed by atoms with van der Waals surface area (Å²) in [5.74, 6) is -0.771. The van der Waals surface area contributed by atoms with Crippen LogP contribution in [0.15, 0.2) is 60.7 Å². The van der Waals surface area contributed by atoms with Gasteiger partial charge in [0.25, 0.3) is 0 Å². The molecule has 6 nitrogen and oxygen atoms in total. The number of alkyl halides is 3. The zero-order valence-corrected chi connectivity index (χ0v) is 19.2. The van der Waals surface area contributed by atoms with Crippen LogP contribution in [-0.2, 0) is 16.6 Å². The lowest BCUT2D eigenvalue weighted by Gasteiger charge is -2.25. The van der Waals surface area contributed by atoms with Gasteiger partial charge in [-0.1, -0.05) is 29.8 Å². The van der Waals surface area contributed by atoms with Crippen molar-refractivity contribution < 1.29 is 31.1 Å². The van der Waals surface area contributed by atoms with Gasteiger partial charge in [0, 0.05) is 11.3 Å². The Bertz CT molecular complexity index is 1220. The number of nitrogens with zero attached hydrogens (tertiary/aromatic N) is 2. The fraction of sp³-hybridized carbons (Fsp3) is 0.227. The van der Waals surface area contributed by atoms with E-state index in [0.29, 0.717) is 27.2 Å². The minimum Gasteiger partial charge on any atom is -0.493 e. The second kappa shape index (κ2) is 9.88. The van der Waals surface area contributed by atoms with E-state index in [0.717, 1.165) is 0 Å². The Morgan fingerprint density at radius 2 is 1.64 bits per heavy atom. The summed E-state index contributed by atoms with van der Waals surface area (Å²) in [6.07, 6.45) is -4.92. The quantitative estimate of drug-likeness (QED) is 0.369. The second-order valence-corrected chi connectivity index (χ2v) is 9.28. The average Bonchev–Trinajstić information content (AvgIpc) is 2.72. The smallest absolute Gasteiger partial charge is 0.404 e. The van der Waals surface area contributed by atoms with Gasteiger partial charge in [-0.3, -0.25) is 4.31 Å². The van der Waals surface area contributed by atoms with Crippen molar-refractivity contribution in [1.29, 1.82) is 0 Å². The Hall–Kier alpha value is -2.98. The number of para-hydroxylation sites is 2. The van der Waals surface area contributed by atoms with Crippen LogP contribution in [0.4, 0.5) is 18.9 Å². The Labute approximate surface area is 194 Å². The maximum atomic E-state index is 13.0. The maximum absolute atomic E-state index is 13.0. The minimum atomic E-state index is -4.92. The first-order chi connectivity index (χ1) is 15.5. The largest absolute Gasteiger partial charge is 0.493 e. The molecule has 176 valence electrons. The molecule has 0 radical (unpaired) electrons. The van der Waals surface area contributed by atoms with E-state index in [1.807, 2.05) is 0 Å². The highest BCUT2D eigenvalue weighted by Gasteiger charge is 2.39. The zero-order chi connectivity index (χ0) is 24.2. The van der Waals surface area contributed by atoms with E-state index >= 15 is 0 Å². The van der Waals surface area contributed by atoms with Gasteiger partial charge in [0.1, 0.15) is 10.9 Å². The first-order valence-corrected chi connectivity index (χ1v) is 11.6. The molecule has 3 aromatic rings. The van der Waals surface area contributed by atoms with Crippen molar-refractivity contribution in [3.63, 3.8) is 0 Å². The third-order valence-corrected chi connectivity index (χ3v) is 6.51. The second-order valence-electron chi connectivity index (χ2n) is 7.03. The van der Waals surface area contributed by atoms with Gasteiger partial charge >= 0.3 is 6.18 Å². The molecular weight excluding hydrogens is 481 g/mol. The Morgan fingerprint density at radius 1 is 1.00 bits per heavy atom. The summed E-state index contributed by atoms with van der Waals surface area (Å²) < 4.78 is 76.0. The van der Waals surface area contributed by atoms with Crippen LogP contribution in [0.5, 0.6) is 17.2 Å². The number of aryl methyl sites for hydroxylation is 1. The van der Waals surface area contributed by atoms with Gasteiger partial charge in [-0.15, -0.1) is 0 Å². The number of halogens is 4. The van der Waals surface area contributed by atoms with Crippen LogP contribution < -0.4 is 13.8 Å². The zero-order valence-electron chi connectivity index (χ0n) is 17.6. The molecule has 0 N–H and O–H groups in total. The predicted molar refractivity (Wildman–Crippen MR) is 120 cm³/mol. The van der Waals surface area contributed by atoms with Crippen LogP contribution in [-0.4, -0.2) is 32.4 Å². The van der Waals surface area contributed by atoms with Crippen molar-refractivity contribution in [2.24, 2.45) is 0 Å². The molecule has 0 atom stereocenters. The number of sulfonamides is 1. The number of hydrogen-bond acceptors (Lipinski definition) is 5. The fourth-order valence-corrected chi connectivity index (χ4v) is 4.58. The molecule has 33 heavy (non-hydrogen) atoms. The normalized spacial score (nSPS) is 11.8. The van der Waals surface area contributed by atoms with Crippen LogP contribution >= 0.6 is 11.6 Å². The van der Waals surface area contributed by atoms with Crippen molar-refractivity contribution in [3.05, 3.63) is 77.1 Å². The SMILES string of the molecule is COc1ccccc1Oc1ccc(N(Cc2ccc(C)nc2Cl)S(=O)(=O)CC(F)(F)F)cc1. The Morgan fingerprint density at radius 3 is 2.21 bits per heavy atom. The third kappa shape index (κ3) is 6.52. The number of ether oxygens (including phenoxy) is 2. The van der Waals surface area contributed by atoms with Crippen molar-refractivity contribution in [2.45, 2.75) is 19.6 Å². The Kier molecular flexibility index (Phi) is 7.38. The van der Waals surface area contributed by atoms with Crippen molar-refractivity contribution >= 4 is 27.3 Å². The summed E-state index contributed by atoms with van der Waals surface area (Å²) >= 11 is 6.10. The van der Waals surface area contributed by atoms with Gasteiger partial charge < -0.3 is 9.47 Å². The van der Waals surface area contributed by atoms with Crippen molar-refractivity contribution in [3.8, 4) is 17.2 Å². The van der Waals surface area contributed by atoms with Gasteiger partial charge in [0.2, 0.25) is 10.0 Å². The molecule has 1 aromatic heterocycles. The maximum Gasteiger partial charge on any atom is 0.404 e. The first kappa shape index (κ1) is 24.7. The number of anilines is 1. The standard InChI is InChI=1S/C22H20ClF3N2O4S/c1-15-7-8-16(21(23)27-15)13-28(33(29,30)14-22(24,25)26)17-9-11-18(12-10-17)32-20-6-4-3-5-19(20)31-2/h3-12H,13-14H2,1-2H3. The molecule has 0 amide bonds. The van der Waals surface area contributed by atoms with Crippen LogP contribution in [0, 0.1) is 6.92 Å². The highest BCUT2D eigenvalue weighted by Crippen LogP contribution is 2.33. The van der Waals surface area contributed by atoms with Gasteiger partial charge in [-0.05, 0) is 49.4 Å². The van der Waals surface area contributed by atoms with E-state index in [4.69, 9.17) is 21.1 Å². The molecule has 0 saturated heterocycles. The van der Waals surface area contributed by atoms with Gasteiger partial charge in [0.15, 0.2) is 17.3 Å². The Balaban J connectivity index is 1.94. The summed E-state index contributed by atoms with van der Waals surface area (Å²) in [7, 11) is -3.29. The summed E-state index contributed by atoms with van der Waals surface area (Å²) in [5.41, 5.74) is 0.872. The number of rotatable bonds is 8. The number of benzene rings is 2. The van der Waals surface area contributed by atoms with Crippen LogP contribution in [0.1, 0.15) is 11.3 Å². The molecule has 0 aliphatic rings. The van der Waals surface area contributed by atoms with E-state index in [1.165, 1.54) is 37.4 Å². The lowest BCUT2D eigenvalue weighted by molar-refractivity contribution is -0.106. The third-order valence-electron chi connectivity index (χ3n) is 4.48. The average molecular weight is 501 g/mol. The molecule has 0 unspecified atom stereocenters. The van der Waals surface area contributed by atoms with E-state index in [1.54, 1.807) is 37.3 Å². The molecule has 2 aromatic carbocycles. The van der Waals surface area contributed by atoms with Crippen molar-refractivity contribution in [2.75, 3.05) is 17.2 Å². The van der Waals surface area contributed by atoms with Gasteiger partial charge in [-0.2, -0.15) is 13.2 Å². The molecule has 0 bridgehead atoms. The van der Waals surface area contributed by atoms with E-state index < -0.39 is 28.5 Å². The molecule has 1 heterocycles. The molecule has 3 rings (SSSR count). The predicted octanol–water partition coefficient (Wildman–Crippen LogP) is 5.74. The van der Waals surface area contributed by atoms with Crippen LogP contribution in [0.3, 0.4) is 0 Å². The highest BCUT2D eigenvalue weighted by atomic mass is 35.5. The van der Waals surface area contributed by atoms with Gasteiger partial charge in [0.05, 0.1) is 19.3 Å². The van der Waals surface area contributed by atoms with Gasteiger partial charge in [-0.25, -0.2) is 13.4 Å². The molecule has 0 saturated carbocycles. The summed E-state index contributed by atoms with van der Waals surface area (Å²) in [5, 5.41) is 0.0123. The summed E-state index contributed by atoms with van der Waals surface area (Å²) in [6, 6.07) is 15.6.